The van der Waals surface area contributed by atoms with E-state index in [9.17, 15) is 0 Å². The fourth-order valence-corrected chi connectivity index (χ4v) is 1.88. The first-order valence-electron chi connectivity index (χ1n) is 3.59. The van der Waals surface area contributed by atoms with Gasteiger partial charge in [-0.15, -0.1) is 11.6 Å². The molecule has 0 atom stereocenters. The van der Waals surface area contributed by atoms with Crippen LogP contribution in [-0.2, 0) is 5.88 Å². The molecule has 0 saturated carbocycles. The molecule has 0 bridgehead atoms. The highest BCUT2D eigenvalue weighted by Crippen LogP contribution is 2.22. The van der Waals surface area contributed by atoms with Crippen LogP contribution in [0.3, 0.4) is 0 Å². The lowest BCUT2D eigenvalue weighted by atomic mass is 10.4. The molecule has 0 unspecified atom stereocenters. The van der Waals surface area contributed by atoms with Gasteiger partial charge in [0.1, 0.15) is 0 Å². The van der Waals surface area contributed by atoms with E-state index < -0.39 is 0 Å². The van der Waals surface area contributed by atoms with E-state index in [0.717, 1.165) is 5.69 Å². The van der Waals surface area contributed by atoms with Crippen molar-refractivity contribution in [2.75, 3.05) is 0 Å². The SMILES string of the molecule is ClCc1cnc2c(Cl)cc(Cl)cn12. The molecule has 0 aliphatic carbocycles. The van der Waals surface area contributed by atoms with Crippen molar-refractivity contribution < 1.29 is 0 Å². The highest BCUT2D eigenvalue weighted by atomic mass is 35.5. The molecule has 0 aliphatic rings. The van der Waals surface area contributed by atoms with Crippen molar-refractivity contribution in [1.82, 2.24) is 9.38 Å². The molecule has 0 N–H and O–H groups in total. The fourth-order valence-electron chi connectivity index (χ4n) is 1.16. The van der Waals surface area contributed by atoms with Crippen LogP contribution in [0.15, 0.2) is 18.5 Å². The number of imidazole rings is 1. The summed E-state index contributed by atoms with van der Waals surface area (Å²) in [6.07, 6.45) is 3.43. The van der Waals surface area contributed by atoms with Crippen LogP contribution in [0.1, 0.15) is 5.69 Å². The van der Waals surface area contributed by atoms with E-state index in [0.29, 0.717) is 21.6 Å². The fraction of sp³-hybridized carbons (Fsp3) is 0.125. The van der Waals surface area contributed by atoms with Crippen molar-refractivity contribution in [1.29, 1.82) is 0 Å². The second-order valence-electron chi connectivity index (χ2n) is 2.58. The van der Waals surface area contributed by atoms with E-state index in [2.05, 4.69) is 4.98 Å². The van der Waals surface area contributed by atoms with E-state index in [4.69, 9.17) is 34.8 Å². The van der Waals surface area contributed by atoms with Gasteiger partial charge in [-0.3, -0.25) is 0 Å². The van der Waals surface area contributed by atoms with E-state index in [1.54, 1.807) is 22.9 Å². The zero-order chi connectivity index (χ0) is 9.42. The summed E-state index contributed by atoms with van der Waals surface area (Å²) in [5.74, 6) is 0.387. The Hall–Kier alpha value is -0.440. The summed E-state index contributed by atoms with van der Waals surface area (Å²) >= 11 is 17.5. The normalized spacial score (nSPS) is 11.0. The molecule has 0 radical (unpaired) electrons. The van der Waals surface area contributed by atoms with Gasteiger partial charge in [0.25, 0.3) is 0 Å². The Morgan fingerprint density at radius 3 is 2.85 bits per heavy atom. The van der Waals surface area contributed by atoms with Gasteiger partial charge in [0.05, 0.1) is 27.8 Å². The van der Waals surface area contributed by atoms with E-state index in [1.165, 1.54) is 0 Å². The van der Waals surface area contributed by atoms with Gasteiger partial charge in [0, 0.05) is 6.20 Å². The Kier molecular flexibility index (Phi) is 2.37. The summed E-state index contributed by atoms with van der Waals surface area (Å²) in [4.78, 5) is 4.12. The smallest absolute Gasteiger partial charge is 0.155 e. The molecular formula is C8H5Cl3N2. The van der Waals surface area contributed by atoms with Crippen molar-refractivity contribution in [3.63, 3.8) is 0 Å². The van der Waals surface area contributed by atoms with Gasteiger partial charge in [-0.25, -0.2) is 4.98 Å². The van der Waals surface area contributed by atoms with Gasteiger partial charge >= 0.3 is 0 Å². The van der Waals surface area contributed by atoms with Crippen LogP contribution >= 0.6 is 34.8 Å². The van der Waals surface area contributed by atoms with E-state index in [1.807, 2.05) is 0 Å². The lowest BCUT2D eigenvalue weighted by Crippen LogP contribution is -1.89. The van der Waals surface area contributed by atoms with Crippen LogP contribution in [0, 0.1) is 0 Å². The van der Waals surface area contributed by atoms with Gasteiger partial charge in [-0.1, -0.05) is 23.2 Å². The molecule has 2 nitrogen and oxygen atoms in total. The largest absolute Gasteiger partial charge is 0.300 e. The number of halogens is 3. The number of hydrogen-bond donors (Lipinski definition) is 0. The number of alkyl halides is 1. The lowest BCUT2D eigenvalue weighted by molar-refractivity contribution is 1.09. The topological polar surface area (TPSA) is 17.3 Å². The molecule has 0 spiro atoms. The maximum atomic E-state index is 5.92. The molecule has 2 heterocycles. The van der Waals surface area contributed by atoms with E-state index >= 15 is 0 Å². The molecule has 2 aromatic heterocycles. The molecule has 5 heteroatoms. The summed E-state index contributed by atoms with van der Waals surface area (Å²) < 4.78 is 1.79. The molecule has 0 fully saturated rings. The second kappa shape index (κ2) is 3.37. The summed E-state index contributed by atoms with van der Waals surface area (Å²) in [6.45, 7) is 0. The number of aromatic nitrogens is 2. The van der Waals surface area contributed by atoms with Crippen molar-refractivity contribution in [2.24, 2.45) is 0 Å². The summed E-state index contributed by atoms with van der Waals surface area (Å²) in [5, 5.41) is 1.10. The van der Waals surface area contributed by atoms with Gasteiger partial charge in [-0.05, 0) is 6.07 Å². The van der Waals surface area contributed by atoms with Crippen molar-refractivity contribution in [3.8, 4) is 0 Å². The van der Waals surface area contributed by atoms with Crippen LogP contribution in [0.5, 0.6) is 0 Å². The predicted octanol–water partition coefficient (Wildman–Crippen LogP) is 3.38. The first-order chi connectivity index (χ1) is 6.22. The molecule has 0 aromatic carbocycles. The molecule has 2 rings (SSSR count). The molecule has 68 valence electrons. The van der Waals surface area contributed by atoms with Crippen LogP contribution < -0.4 is 0 Å². The minimum Gasteiger partial charge on any atom is -0.300 e. The van der Waals surface area contributed by atoms with Crippen LogP contribution in [0.25, 0.3) is 5.65 Å². The maximum absolute atomic E-state index is 5.92. The minimum absolute atomic E-state index is 0.387. The van der Waals surface area contributed by atoms with Crippen LogP contribution in [0.2, 0.25) is 10.0 Å². The third-order valence-electron chi connectivity index (χ3n) is 1.74. The monoisotopic (exact) mass is 234 g/mol. The van der Waals surface area contributed by atoms with E-state index in [-0.39, 0.29) is 0 Å². The first kappa shape index (κ1) is 9.13. The second-order valence-corrected chi connectivity index (χ2v) is 3.69. The van der Waals surface area contributed by atoms with Gasteiger partial charge in [0.2, 0.25) is 0 Å². The Balaban J connectivity index is 2.82. The first-order valence-corrected chi connectivity index (χ1v) is 4.88. The minimum atomic E-state index is 0.387. The Bertz CT molecular complexity index is 450. The van der Waals surface area contributed by atoms with Gasteiger partial charge < -0.3 is 4.40 Å². The average molecular weight is 236 g/mol. The van der Waals surface area contributed by atoms with Crippen LogP contribution in [0.4, 0.5) is 0 Å². The molecule has 0 aliphatic heterocycles. The van der Waals surface area contributed by atoms with Gasteiger partial charge in [-0.2, -0.15) is 0 Å². The van der Waals surface area contributed by atoms with Crippen LogP contribution in [-0.4, -0.2) is 9.38 Å². The molecule has 13 heavy (non-hydrogen) atoms. The third-order valence-corrected chi connectivity index (χ3v) is 2.50. The predicted molar refractivity (Wildman–Crippen MR) is 54.8 cm³/mol. The Morgan fingerprint density at radius 1 is 1.38 bits per heavy atom. The molecular weight excluding hydrogens is 230 g/mol. The average Bonchev–Trinajstić information content (AvgIpc) is 2.47. The lowest BCUT2D eigenvalue weighted by Gasteiger charge is -1.99. The zero-order valence-electron chi connectivity index (χ0n) is 6.47. The Labute approximate surface area is 90.0 Å². The van der Waals surface area contributed by atoms with Crippen molar-refractivity contribution in [2.45, 2.75) is 5.88 Å². The highest BCUT2D eigenvalue weighted by molar-refractivity contribution is 6.36. The number of fused-ring (bicyclic) bond motifs is 1. The quantitative estimate of drug-likeness (QED) is 0.693. The maximum Gasteiger partial charge on any atom is 0.155 e. The Morgan fingerprint density at radius 2 is 2.15 bits per heavy atom. The number of rotatable bonds is 1. The summed E-state index contributed by atoms with van der Waals surface area (Å²) in [7, 11) is 0. The standard InChI is InChI=1S/C8H5Cl3N2/c9-2-6-3-12-8-7(11)1-5(10)4-13(6)8/h1,3-4H,2H2. The summed E-state index contributed by atoms with van der Waals surface area (Å²) in [5.41, 5.74) is 1.56. The highest BCUT2D eigenvalue weighted by Gasteiger charge is 2.06. The van der Waals surface area contributed by atoms with Crippen molar-refractivity contribution in [3.05, 3.63) is 34.2 Å². The third kappa shape index (κ3) is 1.50. The van der Waals surface area contributed by atoms with Gasteiger partial charge in [0.15, 0.2) is 5.65 Å². The summed E-state index contributed by atoms with van der Waals surface area (Å²) in [6, 6.07) is 1.66. The number of pyridine rings is 1. The molecule has 2 aromatic rings. The number of nitrogens with zero attached hydrogens (tertiary/aromatic N) is 2. The molecule has 0 saturated heterocycles. The number of hydrogen-bond acceptors (Lipinski definition) is 1. The molecule has 0 amide bonds. The van der Waals surface area contributed by atoms with Crippen molar-refractivity contribution >= 4 is 40.4 Å². The zero-order valence-corrected chi connectivity index (χ0v) is 8.74.